The average Bonchev–Trinajstić information content (AvgIpc) is 2.76. The predicted octanol–water partition coefficient (Wildman–Crippen LogP) is 4.35. The molecule has 6 nitrogen and oxygen atoms in total. The van der Waals surface area contributed by atoms with E-state index >= 15 is 0 Å². The molecule has 3 rings (SSSR count). The van der Waals surface area contributed by atoms with Crippen molar-refractivity contribution in [3.05, 3.63) is 53.3 Å². The lowest BCUT2D eigenvalue weighted by Crippen LogP contribution is -2.42. The number of nitrogens with one attached hydrogen (secondary N) is 1. The van der Waals surface area contributed by atoms with E-state index < -0.39 is 0 Å². The van der Waals surface area contributed by atoms with Crippen molar-refractivity contribution in [3.8, 4) is 5.75 Å². The molecular weight excluding hydrogens is 398 g/mol. The molecule has 162 valence electrons. The summed E-state index contributed by atoms with van der Waals surface area (Å²) in [6, 6.07) is 11.7. The zero-order valence-corrected chi connectivity index (χ0v) is 18.6. The smallest absolute Gasteiger partial charge is 0.198 e. The Kier molecular flexibility index (Phi) is 8.34. The number of anilines is 1. The molecule has 30 heavy (non-hydrogen) atoms. The molecule has 0 amide bonds. The predicted molar refractivity (Wildman–Crippen MR) is 124 cm³/mol. The molecule has 1 aromatic carbocycles. The molecule has 1 aliphatic rings. The van der Waals surface area contributed by atoms with E-state index in [-0.39, 0.29) is 12.1 Å². The van der Waals surface area contributed by atoms with Crippen molar-refractivity contribution in [1.29, 1.82) is 0 Å². The molecule has 1 fully saturated rings. The molecule has 1 aromatic heterocycles. The summed E-state index contributed by atoms with van der Waals surface area (Å²) in [5.74, 6) is 1.53. The number of nitrogens with two attached hydrogens (primary N) is 1. The van der Waals surface area contributed by atoms with Crippen molar-refractivity contribution >= 4 is 23.2 Å². The molecule has 2 atom stereocenters. The van der Waals surface area contributed by atoms with Crippen LogP contribution >= 0.6 is 11.6 Å². The molecule has 1 saturated carbocycles. The largest absolute Gasteiger partial charge is 0.495 e. The third-order valence-corrected chi connectivity index (χ3v) is 5.76. The normalized spacial score (nSPS) is 19.4. The minimum absolute atomic E-state index is 0.0892. The van der Waals surface area contributed by atoms with E-state index in [0.717, 1.165) is 61.9 Å². The van der Waals surface area contributed by atoms with Crippen LogP contribution in [0.3, 0.4) is 0 Å². The highest BCUT2D eigenvalue weighted by atomic mass is 35.5. The molecular formula is C23H32ClN5O. The number of guanidine groups is 1. The summed E-state index contributed by atoms with van der Waals surface area (Å²) < 4.78 is 5.53. The molecule has 0 saturated heterocycles. The van der Waals surface area contributed by atoms with Crippen molar-refractivity contribution in [1.82, 2.24) is 9.88 Å². The van der Waals surface area contributed by atoms with Crippen LogP contribution in [0.4, 0.5) is 5.69 Å². The van der Waals surface area contributed by atoms with Crippen LogP contribution in [0, 0.1) is 0 Å². The molecule has 7 heteroatoms. The number of ether oxygens (including phenoxy) is 1. The molecule has 0 radical (unpaired) electrons. The maximum Gasteiger partial charge on any atom is 0.198 e. The van der Waals surface area contributed by atoms with Gasteiger partial charge in [-0.25, -0.2) is 4.99 Å². The number of aliphatic imine (C=N–C) groups is 1. The van der Waals surface area contributed by atoms with Crippen LogP contribution in [0.5, 0.6) is 5.75 Å². The van der Waals surface area contributed by atoms with E-state index in [4.69, 9.17) is 27.1 Å². The van der Waals surface area contributed by atoms with Crippen LogP contribution in [0.2, 0.25) is 5.02 Å². The van der Waals surface area contributed by atoms with Gasteiger partial charge in [-0.3, -0.25) is 4.98 Å². The summed E-state index contributed by atoms with van der Waals surface area (Å²) in [5.41, 5.74) is 8.25. The molecule has 1 heterocycles. The number of likely N-dealkylation sites (N-methyl/N-ethyl adjacent to an activating group) is 1. The number of hydrogen-bond acceptors (Lipinski definition) is 4. The maximum absolute atomic E-state index is 6.40. The number of methoxy groups -OCH3 is 1. The highest BCUT2D eigenvalue weighted by molar-refractivity contribution is 6.31. The van der Waals surface area contributed by atoms with Crippen molar-refractivity contribution in [2.75, 3.05) is 25.5 Å². The Bertz CT molecular complexity index is 830. The van der Waals surface area contributed by atoms with E-state index in [2.05, 4.69) is 28.2 Å². The van der Waals surface area contributed by atoms with Crippen molar-refractivity contribution in [3.63, 3.8) is 0 Å². The Labute approximate surface area is 184 Å². The quantitative estimate of drug-likeness (QED) is 0.505. The van der Waals surface area contributed by atoms with E-state index in [1.54, 1.807) is 7.11 Å². The van der Waals surface area contributed by atoms with Gasteiger partial charge in [-0.15, -0.1) is 0 Å². The molecule has 0 spiro atoms. The standard InChI is InChI=1S/C23H32ClN5O/c1-3-29(15-13-18-8-6-7-14-26-18)23(27-20-10-5-4-9-19(20)25)28-21-16-17(24)11-12-22(21)30-2/h6-8,11-12,14,16,19-20H,3-5,9-10,13,15,25H2,1-2H3,(H,27,28)/t19-,20-/m0/s1. The summed E-state index contributed by atoms with van der Waals surface area (Å²) in [6.45, 7) is 3.74. The minimum atomic E-state index is 0.0892. The second-order valence-electron chi connectivity index (χ2n) is 7.59. The number of hydrogen-bond donors (Lipinski definition) is 2. The van der Waals surface area contributed by atoms with Crippen LogP contribution in [0.25, 0.3) is 0 Å². The minimum Gasteiger partial charge on any atom is -0.495 e. The topological polar surface area (TPSA) is 75.8 Å². The van der Waals surface area contributed by atoms with Crippen molar-refractivity contribution < 1.29 is 4.74 Å². The summed E-state index contributed by atoms with van der Waals surface area (Å²) >= 11 is 6.25. The first-order chi connectivity index (χ1) is 14.6. The van der Waals surface area contributed by atoms with E-state index in [1.165, 1.54) is 6.42 Å². The lowest BCUT2D eigenvalue weighted by molar-refractivity contribution is 0.375. The number of rotatable bonds is 7. The number of nitrogens with zero attached hydrogens (tertiary/aromatic N) is 3. The highest BCUT2D eigenvalue weighted by Crippen LogP contribution is 2.28. The first-order valence-electron chi connectivity index (χ1n) is 10.7. The third kappa shape index (κ3) is 6.09. The first kappa shape index (κ1) is 22.4. The van der Waals surface area contributed by atoms with Gasteiger partial charge < -0.3 is 20.7 Å². The summed E-state index contributed by atoms with van der Waals surface area (Å²) in [7, 11) is 1.65. The summed E-state index contributed by atoms with van der Waals surface area (Å²) in [4.78, 5) is 11.8. The van der Waals surface area contributed by atoms with Crippen LogP contribution in [0.15, 0.2) is 47.6 Å². The number of aromatic nitrogens is 1. The maximum atomic E-state index is 6.40. The summed E-state index contributed by atoms with van der Waals surface area (Å²) in [5, 5.41) is 4.13. The fourth-order valence-corrected chi connectivity index (χ4v) is 3.93. The first-order valence-corrected chi connectivity index (χ1v) is 11.1. The molecule has 0 unspecified atom stereocenters. The second kappa shape index (κ2) is 11.2. The highest BCUT2D eigenvalue weighted by Gasteiger charge is 2.23. The number of halogens is 1. The Hall–Kier alpha value is -2.31. The van der Waals surface area contributed by atoms with Crippen molar-refractivity contribution in [2.45, 2.75) is 51.1 Å². The molecule has 2 aromatic rings. The van der Waals surface area contributed by atoms with Gasteiger partial charge in [0, 0.05) is 42.5 Å². The zero-order valence-electron chi connectivity index (χ0n) is 17.9. The van der Waals surface area contributed by atoms with Crippen LogP contribution in [0.1, 0.15) is 38.3 Å². The Morgan fingerprint density at radius 3 is 2.83 bits per heavy atom. The van der Waals surface area contributed by atoms with Gasteiger partial charge in [0.05, 0.1) is 18.8 Å². The third-order valence-electron chi connectivity index (χ3n) is 5.52. The average molecular weight is 430 g/mol. The lowest BCUT2D eigenvalue weighted by Gasteiger charge is -2.31. The van der Waals surface area contributed by atoms with Crippen LogP contribution < -0.4 is 15.8 Å². The van der Waals surface area contributed by atoms with Gasteiger partial charge in [-0.1, -0.05) is 30.5 Å². The van der Waals surface area contributed by atoms with Gasteiger partial charge in [-0.2, -0.15) is 0 Å². The Morgan fingerprint density at radius 1 is 1.30 bits per heavy atom. The zero-order chi connectivity index (χ0) is 21.3. The van der Waals surface area contributed by atoms with Crippen LogP contribution in [-0.4, -0.2) is 48.1 Å². The van der Waals surface area contributed by atoms with Gasteiger partial charge in [0.2, 0.25) is 0 Å². The Balaban J connectivity index is 1.86. The van der Waals surface area contributed by atoms with Gasteiger partial charge in [0.15, 0.2) is 5.96 Å². The van der Waals surface area contributed by atoms with E-state index in [0.29, 0.717) is 5.02 Å². The monoisotopic (exact) mass is 429 g/mol. The fourth-order valence-electron chi connectivity index (χ4n) is 3.76. The van der Waals surface area contributed by atoms with E-state index in [1.807, 2.05) is 36.5 Å². The van der Waals surface area contributed by atoms with Gasteiger partial charge in [0.25, 0.3) is 0 Å². The lowest BCUT2D eigenvalue weighted by atomic mass is 9.91. The number of pyridine rings is 1. The van der Waals surface area contributed by atoms with Gasteiger partial charge >= 0.3 is 0 Å². The number of benzene rings is 1. The molecule has 0 bridgehead atoms. The fraction of sp³-hybridized carbons (Fsp3) is 0.478. The molecule has 3 N–H and O–H groups in total. The molecule has 1 aliphatic carbocycles. The SMILES string of the molecule is CCN(CCc1ccccn1)C(=N[C@H]1CCCC[C@@H]1N)Nc1cc(Cl)ccc1OC. The van der Waals surface area contributed by atoms with E-state index in [9.17, 15) is 0 Å². The van der Waals surface area contributed by atoms with Gasteiger partial charge in [-0.05, 0) is 50.1 Å². The van der Waals surface area contributed by atoms with Crippen LogP contribution in [-0.2, 0) is 6.42 Å². The molecule has 0 aliphatic heterocycles. The van der Waals surface area contributed by atoms with Crippen molar-refractivity contribution in [2.24, 2.45) is 10.7 Å². The van der Waals surface area contributed by atoms with Gasteiger partial charge in [0.1, 0.15) is 5.75 Å². The summed E-state index contributed by atoms with van der Waals surface area (Å²) in [6.07, 6.45) is 7.03. The second-order valence-corrected chi connectivity index (χ2v) is 8.03. The Morgan fingerprint density at radius 2 is 2.13 bits per heavy atom.